The summed E-state index contributed by atoms with van der Waals surface area (Å²) >= 11 is 0. The van der Waals surface area contributed by atoms with E-state index < -0.39 is 16.1 Å². The van der Waals surface area contributed by atoms with Crippen LogP contribution in [0.5, 0.6) is 5.75 Å². The third-order valence-corrected chi connectivity index (χ3v) is 5.64. The summed E-state index contributed by atoms with van der Waals surface area (Å²) in [6.45, 7) is 3.90. The number of anilines is 1. The van der Waals surface area contributed by atoms with Gasteiger partial charge in [0.2, 0.25) is 15.9 Å². The highest BCUT2D eigenvalue weighted by Gasteiger charge is 2.31. The molecule has 0 spiro atoms. The van der Waals surface area contributed by atoms with Gasteiger partial charge in [0.05, 0.1) is 18.4 Å². The number of likely N-dealkylation sites (N-methyl/N-ethyl adjacent to an activating group) is 1. The summed E-state index contributed by atoms with van der Waals surface area (Å²) in [5, 5.41) is 2.65. The van der Waals surface area contributed by atoms with E-state index in [1.807, 2.05) is 6.92 Å². The van der Waals surface area contributed by atoms with Crippen LogP contribution in [0.3, 0.4) is 0 Å². The van der Waals surface area contributed by atoms with Crippen molar-refractivity contribution in [2.45, 2.75) is 20.0 Å². The fourth-order valence-electron chi connectivity index (χ4n) is 2.80. The Morgan fingerprint density at radius 1 is 1.42 bits per heavy atom. The molecule has 0 bridgehead atoms. The second-order valence-electron chi connectivity index (χ2n) is 6.75. The molecule has 0 aromatic heterocycles. The number of sulfonamides is 1. The number of hydrogen-bond donors (Lipinski definition) is 1. The van der Waals surface area contributed by atoms with E-state index >= 15 is 0 Å². The highest BCUT2D eigenvalue weighted by molar-refractivity contribution is 7.88. The second-order valence-corrected chi connectivity index (χ2v) is 8.84. The van der Waals surface area contributed by atoms with E-state index in [1.165, 1.54) is 18.3 Å². The number of amides is 2. The average Bonchev–Trinajstić information content (AvgIpc) is 2.52. The lowest BCUT2D eigenvalue weighted by molar-refractivity contribution is -0.114. The molecule has 2 atom stereocenters. The SMILES string of the molecule is CC(=O)Nc1ccc2c(c1)C(=O)N(C)C[C@@H](C)[C@@H](CN(C)S(C)(=O)=O)O2. The lowest BCUT2D eigenvalue weighted by Crippen LogP contribution is -2.46. The molecule has 1 heterocycles. The minimum Gasteiger partial charge on any atom is -0.488 e. The van der Waals surface area contributed by atoms with Crippen molar-refractivity contribution in [1.29, 1.82) is 0 Å². The van der Waals surface area contributed by atoms with Crippen LogP contribution in [-0.2, 0) is 14.8 Å². The maximum absolute atomic E-state index is 12.7. The number of carbonyl (C=O) groups is 2. The predicted molar refractivity (Wildman–Crippen MR) is 98.8 cm³/mol. The summed E-state index contributed by atoms with van der Waals surface area (Å²) in [5.74, 6) is -0.154. The molecule has 0 aliphatic carbocycles. The van der Waals surface area contributed by atoms with Crippen LogP contribution in [0.15, 0.2) is 18.2 Å². The lowest BCUT2D eigenvalue weighted by atomic mass is 10.0. The molecule has 0 fully saturated rings. The van der Waals surface area contributed by atoms with Gasteiger partial charge < -0.3 is 15.0 Å². The first-order valence-electron chi connectivity index (χ1n) is 8.24. The molecule has 1 aliphatic rings. The van der Waals surface area contributed by atoms with Crippen molar-refractivity contribution in [3.63, 3.8) is 0 Å². The third kappa shape index (κ3) is 4.73. The van der Waals surface area contributed by atoms with Crippen molar-refractivity contribution in [3.05, 3.63) is 23.8 Å². The number of rotatable bonds is 4. The number of nitrogens with one attached hydrogen (secondary N) is 1. The minimum atomic E-state index is -3.34. The van der Waals surface area contributed by atoms with Crippen LogP contribution < -0.4 is 10.1 Å². The van der Waals surface area contributed by atoms with Gasteiger partial charge >= 0.3 is 0 Å². The Kier molecular flexibility index (Phi) is 5.92. The van der Waals surface area contributed by atoms with Crippen LogP contribution >= 0.6 is 0 Å². The van der Waals surface area contributed by atoms with Crippen molar-refractivity contribution in [2.24, 2.45) is 5.92 Å². The first-order chi connectivity index (χ1) is 12.0. The molecule has 2 rings (SSSR count). The Balaban J connectivity index is 2.39. The number of nitrogens with zero attached hydrogens (tertiary/aromatic N) is 2. The van der Waals surface area contributed by atoms with E-state index in [0.29, 0.717) is 23.5 Å². The quantitative estimate of drug-likeness (QED) is 0.837. The fraction of sp³-hybridized carbons (Fsp3) is 0.529. The maximum atomic E-state index is 12.7. The first kappa shape index (κ1) is 20.2. The van der Waals surface area contributed by atoms with Crippen molar-refractivity contribution < 1.29 is 22.7 Å². The van der Waals surface area contributed by atoms with Crippen LogP contribution in [0.4, 0.5) is 5.69 Å². The Labute approximate surface area is 154 Å². The minimum absolute atomic E-state index is 0.0729. The van der Waals surface area contributed by atoms with Gasteiger partial charge in [-0.2, -0.15) is 0 Å². The van der Waals surface area contributed by atoms with E-state index in [2.05, 4.69) is 5.32 Å². The highest BCUT2D eigenvalue weighted by Crippen LogP contribution is 2.29. The van der Waals surface area contributed by atoms with Gasteiger partial charge in [0, 0.05) is 39.2 Å². The summed E-state index contributed by atoms with van der Waals surface area (Å²) in [7, 11) is -0.153. The molecule has 26 heavy (non-hydrogen) atoms. The molecule has 1 N–H and O–H groups in total. The number of carbonyl (C=O) groups excluding carboxylic acids is 2. The molecular weight excluding hydrogens is 358 g/mol. The molecule has 1 aromatic rings. The molecule has 2 amide bonds. The third-order valence-electron chi connectivity index (χ3n) is 4.36. The summed E-state index contributed by atoms with van der Waals surface area (Å²) < 4.78 is 30.7. The molecular formula is C17H25N3O5S. The first-order valence-corrected chi connectivity index (χ1v) is 10.1. The van der Waals surface area contributed by atoms with E-state index in [9.17, 15) is 18.0 Å². The number of ether oxygens (including phenoxy) is 1. The predicted octanol–water partition coefficient (Wildman–Crippen LogP) is 1.01. The molecule has 1 aromatic carbocycles. The summed E-state index contributed by atoms with van der Waals surface area (Å²) in [4.78, 5) is 25.5. The van der Waals surface area contributed by atoms with Crippen LogP contribution in [0.2, 0.25) is 0 Å². The summed E-state index contributed by atoms with van der Waals surface area (Å²) in [6, 6.07) is 4.85. The lowest BCUT2D eigenvalue weighted by Gasteiger charge is -2.34. The topological polar surface area (TPSA) is 96.0 Å². The van der Waals surface area contributed by atoms with Gasteiger partial charge in [0.1, 0.15) is 11.9 Å². The summed E-state index contributed by atoms with van der Waals surface area (Å²) in [5.41, 5.74) is 0.831. The highest BCUT2D eigenvalue weighted by atomic mass is 32.2. The van der Waals surface area contributed by atoms with Crippen LogP contribution in [0.25, 0.3) is 0 Å². The normalized spacial score (nSPS) is 20.8. The number of hydrogen-bond acceptors (Lipinski definition) is 5. The van der Waals surface area contributed by atoms with E-state index in [4.69, 9.17) is 4.74 Å². The van der Waals surface area contributed by atoms with Crippen molar-refractivity contribution >= 4 is 27.5 Å². The second kappa shape index (κ2) is 7.63. The van der Waals surface area contributed by atoms with Crippen molar-refractivity contribution in [2.75, 3.05) is 38.8 Å². The van der Waals surface area contributed by atoms with Crippen LogP contribution in [-0.4, -0.2) is 69.0 Å². The zero-order chi connectivity index (χ0) is 19.6. The Morgan fingerprint density at radius 3 is 2.65 bits per heavy atom. The van der Waals surface area contributed by atoms with Gasteiger partial charge in [-0.3, -0.25) is 9.59 Å². The van der Waals surface area contributed by atoms with Crippen LogP contribution in [0, 0.1) is 5.92 Å². The Bertz CT molecular complexity index is 809. The zero-order valence-corrected chi connectivity index (χ0v) is 16.5. The van der Waals surface area contributed by atoms with Gasteiger partial charge in [-0.15, -0.1) is 0 Å². The molecule has 9 heteroatoms. The standard InChI is InChI=1S/C17H25N3O5S/c1-11-9-19(3)17(22)14-8-13(18-12(2)21)6-7-15(14)25-16(11)10-20(4)26(5,23)24/h6-8,11,16H,9-10H2,1-5H3,(H,18,21)/t11-,16-/m1/s1. The van der Waals surface area contributed by atoms with Crippen molar-refractivity contribution in [1.82, 2.24) is 9.21 Å². The van der Waals surface area contributed by atoms with E-state index in [0.717, 1.165) is 6.26 Å². The number of fused-ring (bicyclic) bond motifs is 1. The molecule has 1 aliphatic heterocycles. The van der Waals surface area contributed by atoms with Gasteiger partial charge in [-0.1, -0.05) is 6.92 Å². The average molecular weight is 383 g/mol. The van der Waals surface area contributed by atoms with E-state index in [1.54, 1.807) is 30.1 Å². The van der Waals surface area contributed by atoms with E-state index in [-0.39, 0.29) is 24.3 Å². The zero-order valence-electron chi connectivity index (χ0n) is 15.6. The largest absolute Gasteiger partial charge is 0.488 e. The monoisotopic (exact) mass is 383 g/mol. The summed E-state index contributed by atoms with van der Waals surface area (Å²) in [6.07, 6.45) is 0.722. The molecule has 0 saturated heterocycles. The van der Waals surface area contributed by atoms with Gasteiger partial charge in [0.25, 0.3) is 5.91 Å². The van der Waals surface area contributed by atoms with Gasteiger partial charge in [-0.25, -0.2) is 12.7 Å². The van der Waals surface area contributed by atoms with Crippen LogP contribution in [0.1, 0.15) is 24.2 Å². The fourth-order valence-corrected chi connectivity index (χ4v) is 3.22. The smallest absolute Gasteiger partial charge is 0.257 e. The molecule has 144 valence electrons. The maximum Gasteiger partial charge on any atom is 0.257 e. The Morgan fingerprint density at radius 2 is 2.08 bits per heavy atom. The molecule has 8 nitrogen and oxygen atoms in total. The molecule has 0 saturated carbocycles. The van der Waals surface area contributed by atoms with Crippen molar-refractivity contribution in [3.8, 4) is 5.75 Å². The number of benzene rings is 1. The Hall–Kier alpha value is -2.13. The van der Waals surface area contributed by atoms with Gasteiger partial charge in [-0.05, 0) is 18.2 Å². The molecule has 0 unspecified atom stereocenters. The molecule has 0 radical (unpaired) electrons. The van der Waals surface area contributed by atoms with Gasteiger partial charge in [0.15, 0.2) is 0 Å².